The van der Waals surface area contributed by atoms with Crippen LogP contribution in [-0.2, 0) is 21.6 Å². The van der Waals surface area contributed by atoms with Gasteiger partial charge < -0.3 is 10.5 Å². The summed E-state index contributed by atoms with van der Waals surface area (Å²) >= 11 is 0. The van der Waals surface area contributed by atoms with Crippen molar-refractivity contribution >= 4 is 11.9 Å². The largest absolute Gasteiger partial charge is 0.467 e. The van der Waals surface area contributed by atoms with Crippen molar-refractivity contribution in [3.63, 3.8) is 0 Å². The molecule has 0 aliphatic heterocycles. The molecule has 0 heterocycles. The Kier molecular flexibility index (Phi) is 5.48. The minimum atomic E-state index is -1.62. The molecule has 5 nitrogen and oxygen atoms in total. The van der Waals surface area contributed by atoms with E-state index in [-0.39, 0.29) is 12.1 Å². The average molecular weight is 348 g/mol. The molecule has 0 bridgehead atoms. The van der Waals surface area contributed by atoms with E-state index >= 15 is 0 Å². The summed E-state index contributed by atoms with van der Waals surface area (Å²) in [6.07, 6.45) is 0. The summed E-state index contributed by atoms with van der Waals surface area (Å²) in [5.41, 5.74) is 4.38. The molecule has 132 valence electrons. The molecule has 0 radical (unpaired) electrons. The Hall–Kier alpha value is -2.80. The molecule has 0 aromatic heterocycles. The van der Waals surface area contributed by atoms with Crippen molar-refractivity contribution in [1.82, 2.24) is 5.32 Å². The van der Waals surface area contributed by atoms with Gasteiger partial charge in [0, 0.05) is 17.7 Å². The summed E-state index contributed by atoms with van der Waals surface area (Å²) in [6.45, 7) is 1.50. The average Bonchev–Trinajstić information content (AvgIpc) is 2.61. The number of hydrogen-bond acceptors (Lipinski definition) is 4. The van der Waals surface area contributed by atoms with Gasteiger partial charge in [-0.25, -0.2) is 13.6 Å². The second kappa shape index (κ2) is 7.40. The molecule has 0 saturated carbocycles. The highest BCUT2D eigenvalue weighted by molar-refractivity contribution is 5.92. The Morgan fingerprint density at radius 2 is 1.92 bits per heavy atom. The third kappa shape index (κ3) is 4.00. The number of ether oxygens (including phenoxy) is 1. The monoisotopic (exact) mass is 348 g/mol. The molecular formula is C18H18F2N2O3. The molecule has 1 unspecified atom stereocenters. The fourth-order valence-electron chi connectivity index (χ4n) is 2.48. The Morgan fingerprint density at radius 1 is 1.20 bits per heavy atom. The molecular weight excluding hydrogens is 330 g/mol. The lowest BCUT2D eigenvalue weighted by atomic mass is 9.91. The van der Waals surface area contributed by atoms with E-state index < -0.39 is 29.0 Å². The summed E-state index contributed by atoms with van der Waals surface area (Å²) < 4.78 is 32.5. The van der Waals surface area contributed by atoms with Crippen LogP contribution >= 0.6 is 0 Å². The minimum absolute atomic E-state index is 0.0999. The van der Waals surface area contributed by atoms with Gasteiger partial charge in [-0.1, -0.05) is 12.1 Å². The molecule has 2 aromatic rings. The molecule has 0 saturated heterocycles. The third-order valence-electron chi connectivity index (χ3n) is 3.92. The van der Waals surface area contributed by atoms with Crippen molar-refractivity contribution in [2.24, 2.45) is 5.73 Å². The van der Waals surface area contributed by atoms with E-state index in [1.807, 2.05) is 0 Å². The predicted octanol–water partition coefficient (Wildman–Crippen LogP) is 2.24. The first-order chi connectivity index (χ1) is 11.8. The Bertz CT molecular complexity index is 811. The number of rotatable bonds is 6. The molecule has 25 heavy (non-hydrogen) atoms. The minimum Gasteiger partial charge on any atom is -0.467 e. The number of carbonyl (C=O) groups excluding carboxylic acids is 2. The summed E-state index contributed by atoms with van der Waals surface area (Å²) in [6, 6.07) is 9.30. The van der Waals surface area contributed by atoms with Crippen molar-refractivity contribution in [3.8, 4) is 0 Å². The topological polar surface area (TPSA) is 81.4 Å². The van der Waals surface area contributed by atoms with Crippen LogP contribution in [0.1, 0.15) is 28.4 Å². The Morgan fingerprint density at radius 3 is 2.56 bits per heavy atom. The zero-order valence-corrected chi connectivity index (χ0v) is 13.8. The summed E-state index contributed by atoms with van der Waals surface area (Å²) in [5.74, 6) is -2.78. The van der Waals surface area contributed by atoms with Crippen LogP contribution in [0.2, 0.25) is 0 Å². The van der Waals surface area contributed by atoms with Crippen LogP contribution in [0.5, 0.6) is 0 Å². The number of methoxy groups -OCH3 is 1. The normalized spacial score (nSPS) is 13.1. The highest BCUT2D eigenvalue weighted by atomic mass is 19.1. The van der Waals surface area contributed by atoms with Crippen molar-refractivity contribution in [1.29, 1.82) is 0 Å². The quantitative estimate of drug-likeness (QED) is 0.785. The maximum atomic E-state index is 14.2. The second-order valence-corrected chi connectivity index (χ2v) is 5.66. The van der Waals surface area contributed by atoms with Crippen molar-refractivity contribution in [2.45, 2.75) is 19.0 Å². The first-order valence-electron chi connectivity index (χ1n) is 7.45. The van der Waals surface area contributed by atoms with Crippen molar-refractivity contribution < 1.29 is 23.1 Å². The molecule has 3 N–H and O–H groups in total. The van der Waals surface area contributed by atoms with Gasteiger partial charge in [0.2, 0.25) is 5.91 Å². The number of hydrogen-bond donors (Lipinski definition) is 2. The molecule has 0 aliphatic rings. The molecule has 2 rings (SSSR count). The predicted molar refractivity (Wildman–Crippen MR) is 87.5 cm³/mol. The fourth-order valence-corrected chi connectivity index (χ4v) is 2.48. The zero-order valence-electron chi connectivity index (χ0n) is 13.8. The van der Waals surface area contributed by atoms with Gasteiger partial charge in [0.15, 0.2) is 0 Å². The van der Waals surface area contributed by atoms with Gasteiger partial charge in [-0.05, 0) is 42.8 Å². The fraction of sp³-hybridized carbons (Fsp3) is 0.222. The van der Waals surface area contributed by atoms with Gasteiger partial charge in [-0.2, -0.15) is 0 Å². The highest BCUT2D eigenvalue weighted by Gasteiger charge is 2.38. The number of amides is 1. The molecule has 0 fully saturated rings. The van der Waals surface area contributed by atoms with Crippen LogP contribution in [0.4, 0.5) is 8.78 Å². The molecule has 7 heteroatoms. The SMILES string of the molecule is COC(=O)C(C)(NCc1cccc(C(N)=O)c1)c1cc(F)ccc1F. The van der Waals surface area contributed by atoms with Gasteiger partial charge in [0.25, 0.3) is 0 Å². The maximum Gasteiger partial charge on any atom is 0.330 e. The Labute approximate surface area is 143 Å². The number of benzene rings is 2. The lowest BCUT2D eigenvalue weighted by molar-refractivity contribution is -0.148. The van der Waals surface area contributed by atoms with E-state index in [1.54, 1.807) is 24.3 Å². The van der Waals surface area contributed by atoms with Gasteiger partial charge in [-0.3, -0.25) is 10.1 Å². The number of nitrogens with one attached hydrogen (secondary N) is 1. The lowest BCUT2D eigenvalue weighted by Crippen LogP contribution is -2.47. The number of nitrogens with two attached hydrogens (primary N) is 1. The van der Waals surface area contributed by atoms with Crippen LogP contribution in [-0.4, -0.2) is 19.0 Å². The highest BCUT2D eigenvalue weighted by Crippen LogP contribution is 2.26. The van der Waals surface area contributed by atoms with Crippen LogP contribution in [0.3, 0.4) is 0 Å². The summed E-state index contributed by atoms with van der Waals surface area (Å²) in [7, 11) is 1.16. The van der Waals surface area contributed by atoms with E-state index in [0.717, 1.165) is 25.3 Å². The van der Waals surface area contributed by atoms with E-state index in [4.69, 9.17) is 10.5 Å². The van der Waals surface area contributed by atoms with E-state index in [2.05, 4.69) is 5.32 Å². The van der Waals surface area contributed by atoms with Crippen LogP contribution in [0, 0.1) is 11.6 Å². The Balaban J connectivity index is 2.35. The smallest absolute Gasteiger partial charge is 0.330 e. The number of carbonyl (C=O) groups is 2. The van der Waals surface area contributed by atoms with Gasteiger partial charge in [0.05, 0.1) is 7.11 Å². The maximum absolute atomic E-state index is 14.2. The van der Waals surface area contributed by atoms with Crippen LogP contribution in [0.25, 0.3) is 0 Å². The van der Waals surface area contributed by atoms with Crippen molar-refractivity contribution in [3.05, 3.63) is 70.8 Å². The molecule has 2 aromatic carbocycles. The molecule has 1 atom stereocenters. The summed E-state index contributed by atoms with van der Waals surface area (Å²) in [5, 5.41) is 2.88. The van der Waals surface area contributed by atoms with Crippen molar-refractivity contribution in [2.75, 3.05) is 7.11 Å². The lowest BCUT2D eigenvalue weighted by Gasteiger charge is -2.29. The number of halogens is 2. The molecule has 0 aliphatic carbocycles. The van der Waals surface area contributed by atoms with Gasteiger partial charge >= 0.3 is 5.97 Å². The van der Waals surface area contributed by atoms with E-state index in [1.165, 1.54) is 6.92 Å². The van der Waals surface area contributed by atoms with Gasteiger partial charge in [0.1, 0.15) is 17.2 Å². The zero-order chi connectivity index (χ0) is 18.6. The van der Waals surface area contributed by atoms with E-state index in [0.29, 0.717) is 11.1 Å². The first kappa shape index (κ1) is 18.5. The number of primary amides is 1. The van der Waals surface area contributed by atoms with Gasteiger partial charge in [-0.15, -0.1) is 0 Å². The standard InChI is InChI=1S/C18H18F2N2O3/c1-18(17(24)25-2,14-9-13(19)6-7-15(14)20)22-10-11-4-3-5-12(8-11)16(21)23/h3-9,22H,10H2,1-2H3,(H2,21,23). The van der Waals surface area contributed by atoms with Crippen LogP contribution < -0.4 is 11.1 Å². The second-order valence-electron chi connectivity index (χ2n) is 5.66. The summed E-state index contributed by atoms with van der Waals surface area (Å²) in [4.78, 5) is 23.5. The first-order valence-corrected chi connectivity index (χ1v) is 7.45. The van der Waals surface area contributed by atoms with E-state index in [9.17, 15) is 18.4 Å². The molecule has 1 amide bonds. The third-order valence-corrected chi connectivity index (χ3v) is 3.92. The van der Waals surface area contributed by atoms with Crippen LogP contribution in [0.15, 0.2) is 42.5 Å². The molecule has 0 spiro atoms. The number of esters is 1.